The molecule has 2 aromatic carbocycles. The van der Waals surface area contributed by atoms with Crippen molar-refractivity contribution in [3.05, 3.63) is 66.0 Å². The second kappa shape index (κ2) is 6.75. The Hall–Kier alpha value is -2.17. The maximum Gasteiger partial charge on any atom is 0.135 e. The molecule has 124 valence electrons. The number of hydrogen-bond donors (Lipinski definition) is 1. The van der Waals surface area contributed by atoms with Crippen LogP contribution in [0.1, 0.15) is 24.2 Å². The number of aliphatic hydroxyl groups is 1. The lowest BCUT2D eigenvalue weighted by Crippen LogP contribution is -2.33. The van der Waals surface area contributed by atoms with Crippen LogP contribution in [-0.4, -0.2) is 32.1 Å². The third-order valence-corrected chi connectivity index (χ3v) is 5.00. The predicted octanol–water partition coefficient (Wildman–Crippen LogP) is 3.19. The molecule has 3 aromatic rings. The van der Waals surface area contributed by atoms with E-state index >= 15 is 0 Å². The Kier molecular flexibility index (Phi) is 4.32. The van der Waals surface area contributed by atoms with Gasteiger partial charge in [-0.25, -0.2) is 4.98 Å². The first-order chi connectivity index (χ1) is 11.8. The van der Waals surface area contributed by atoms with E-state index in [0.717, 1.165) is 36.5 Å². The lowest BCUT2D eigenvalue weighted by Gasteiger charge is -2.25. The summed E-state index contributed by atoms with van der Waals surface area (Å²) < 4.78 is 2.20. The number of para-hydroxylation sites is 2. The summed E-state index contributed by atoms with van der Waals surface area (Å²) in [6.45, 7) is 3.01. The van der Waals surface area contributed by atoms with Gasteiger partial charge in [0.15, 0.2) is 0 Å². The molecule has 0 spiro atoms. The van der Waals surface area contributed by atoms with E-state index in [9.17, 15) is 5.11 Å². The van der Waals surface area contributed by atoms with Crippen LogP contribution in [0.3, 0.4) is 0 Å². The Labute approximate surface area is 142 Å². The van der Waals surface area contributed by atoms with Gasteiger partial charge in [0.1, 0.15) is 12.4 Å². The molecule has 0 saturated carbocycles. The number of aromatic nitrogens is 2. The Morgan fingerprint density at radius 2 is 1.83 bits per heavy atom. The average molecular weight is 321 g/mol. The Balaban J connectivity index is 1.58. The second-order valence-electron chi connectivity index (χ2n) is 6.54. The lowest BCUT2D eigenvalue weighted by atomic mass is 10.1. The molecular weight excluding hydrogens is 298 g/mol. The largest absolute Gasteiger partial charge is 0.388 e. The summed E-state index contributed by atoms with van der Waals surface area (Å²) in [6.07, 6.45) is 2.43. The Morgan fingerprint density at radius 1 is 1.04 bits per heavy atom. The summed E-state index contributed by atoms with van der Waals surface area (Å²) in [5.41, 5.74) is 3.45. The van der Waals surface area contributed by atoms with E-state index in [2.05, 4.69) is 50.8 Å². The van der Waals surface area contributed by atoms with Crippen molar-refractivity contribution in [1.29, 1.82) is 0 Å². The first-order valence-electron chi connectivity index (χ1n) is 8.68. The number of aliphatic hydroxyl groups excluding tert-OH is 1. The van der Waals surface area contributed by atoms with Crippen LogP contribution in [0.25, 0.3) is 11.0 Å². The van der Waals surface area contributed by atoms with Gasteiger partial charge in [-0.05, 0) is 37.1 Å². The average Bonchev–Trinajstić information content (AvgIpc) is 3.21. The van der Waals surface area contributed by atoms with Gasteiger partial charge < -0.3 is 9.67 Å². The first kappa shape index (κ1) is 15.4. The summed E-state index contributed by atoms with van der Waals surface area (Å²) >= 11 is 0. The molecule has 0 aliphatic carbocycles. The van der Waals surface area contributed by atoms with Crippen molar-refractivity contribution < 1.29 is 5.11 Å². The summed E-state index contributed by atoms with van der Waals surface area (Å²) in [6, 6.07) is 19.3. The van der Waals surface area contributed by atoms with E-state index in [0.29, 0.717) is 6.04 Å². The molecule has 1 fully saturated rings. The summed E-state index contributed by atoms with van der Waals surface area (Å²) in [4.78, 5) is 7.14. The summed E-state index contributed by atoms with van der Waals surface area (Å²) in [5.74, 6) is 0.766. The van der Waals surface area contributed by atoms with Crippen LogP contribution in [0.5, 0.6) is 0 Å². The molecule has 1 N–H and O–H groups in total. The molecule has 24 heavy (non-hydrogen) atoms. The van der Waals surface area contributed by atoms with Gasteiger partial charge in [0.2, 0.25) is 0 Å². The summed E-state index contributed by atoms with van der Waals surface area (Å²) in [7, 11) is 0. The molecule has 2 heterocycles. The quantitative estimate of drug-likeness (QED) is 0.784. The molecule has 0 radical (unpaired) electrons. The molecule has 4 rings (SSSR count). The van der Waals surface area contributed by atoms with E-state index in [-0.39, 0.29) is 6.61 Å². The fourth-order valence-electron chi connectivity index (χ4n) is 3.79. The number of benzene rings is 2. The van der Waals surface area contributed by atoms with Gasteiger partial charge in [-0.3, -0.25) is 4.90 Å². The SMILES string of the molecule is OCc1nc2ccccc2n1C[C@@H]1CCCN1Cc1ccccc1. The van der Waals surface area contributed by atoms with Crippen molar-refractivity contribution in [2.24, 2.45) is 0 Å². The number of likely N-dealkylation sites (tertiary alicyclic amines) is 1. The van der Waals surface area contributed by atoms with Crippen LogP contribution < -0.4 is 0 Å². The van der Waals surface area contributed by atoms with Crippen LogP contribution in [-0.2, 0) is 19.7 Å². The van der Waals surface area contributed by atoms with Crippen LogP contribution in [0.4, 0.5) is 0 Å². The monoisotopic (exact) mass is 321 g/mol. The molecule has 1 aromatic heterocycles. The van der Waals surface area contributed by atoms with E-state index in [1.165, 1.54) is 18.4 Å². The van der Waals surface area contributed by atoms with Gasteiger partial charge in [-0.1, -0.05) is 42.5 Å². The molecule has 1 aliphatic heterocycles. The normalized spacial score (nSPS) is 18.5. The summed E-state index contributed by atoms with van der Waals surface area (Å²) in [5, 5.41) is 9.70. The molecule has 4 nitrogen and oxygen atoms in total. The molecule has 4 heteroatoms. The molecule has 0 bridgehead atoms. The van der Waals surface area contributed by atoms with Crippen LogP contribution in [0.15, 0.2) is 54.6 Å². The highest BCUT2D eigenvalue weighted by Crippen LogP contribution is 2.24. The maximum atomic E-state index is 9.70. The number of nitrogens with zero attached hydrogens (tertiary/aromatic N) is 3. The van der Waals surface area contributed by atoms with Gasteiger partial charge in [-0.2, -0.15) is 0 Å². The molecular formula is C20H23N3O. The highest BCUT2D eigenvalue weighted by atomic mass is 16.3. The molecule has 0 amide bonds. The second-order valence-corrected chi connectivity index (χ2v) is 6.54. The van der Waals surface area contributed by atoms with Crippen molar-refractivity contribution in [1.82, 2.24) is 14.5 Å². The number of fused-ring (bicyclic) bond motifs is 1. The third kappa shape index (κ3) is 2.95. The Morgan fingerprint density at radius 3 is 2.67 bits per heavy atom. The maximum absolute atomic E-state index is 9.70. The van der Waals surface area contributed by atoms with E-state index in [1.54, 1.807) is 0 Å². The number of hydrogen-bond acceptors (Lipinski definition) is 3. The standard InChI is InChI=1S/C20H23N3O/c24-15-20-21-18-10-4-5-11-19(18)23(20)14-17-9-6-12-22(17)13-16-7-2-1-3-8-16/h1-5,7-8,10-11,17,24H,6,9,12-15H2/t17-/m0/s1. The predicted molar refractivity (Wildman–Crippen MR) is 95.5 cm³/mol. The topological polar surface area (TPSA) is 41.3 Å². The fraction of sp³-hybridized carbons (Fsp3) is 0.350. The van der Waals surface area contributed by atoms with E-state index < -0.39 is 0 Å². The fourth-order valence-corrected chi connectivity index (χ4v) is 3.79. The zero-order chi connectivity index (χ0) is 16.4. The van der Waals surface area contributed by atoms with Crippen molar-refractivity contribution in [2.75, 3.05) is 6.54 Å². The van der Waals surface area contributed by atoms with E-state index in [4.69, 9.17) is 0 Å². The zero-order valence-electron chi connectivity index (χ0n) is 13.8. The highest BCUT2D eigenvalue weighted by molar-refractivity contribution is 5.75. The lowest BCUT2D eigenvalue weighted by molar-refractivity contribution is 0.216. The van der Waals surface area contributed by atoms with Crippen LogP contribution in [0, 0.1) is 0 Å². The molecule has 1 atom stereocenters. The molecule has 0 unspecified atom stereocenters. The van der Waals surface area contributed by atoms with Crippen LogP contribution in [0.2, 0.25) is 0 Å². The van der Waals surface area contributed by atoms with Gasteiger partial charge in [-0.15, -0.1) is 0 Å². The third-order valence-electron chi connectivity index (χ3n) is 5.00. The first-order valence-corrected chi connectivity index (χ1v) is 8.68. The smallest absolute Gasteiger partial charge is 0.135 e. The van der Waals surface area contributed by atoms with Gasteiger partial charge >= 0.3 is 0 Å². The van der Waals surface area contributed by atoms with Crippen molar-refractivity contribution in [3.63, 3.8) is 0 Å². The van der Waals surface area contributed by atoms with Crippen molar-refractivity contribution in [2.45, 2.75) is 38.6 Å². The van der Waals surface area contributed by atoms with Crippen LogP contribution >= 0.6 is 0 Å². The Bertz CT molecular complexity index is 812. The van der Waals surface area contributed by atoms with Crippen molar-refractivity contribution in [3.8, 4) is 0 Å². The van der Waals surface area contributed by atoms with E-state index in [1.807, 2.05) is 18.2 Å². The minimum Gasteiger partial charge on any atom is -0.388 e. The minimum absolute atomic E-state index is 0.0138. The highest BCUT2D eigenvalue weighted by Gasteiger charge is 2.26. The number of imidazole rings is 1. The van der Waals surface area contributed by atoms with Gasteiger partial charge in [0, 0.05) is 19.1 Å². The van der Waals surface area contributed by atoms with Crippen molar-refractivity contribution >= 4 is 11.0 Å². The molecule has 1 saturated heterocycles. The number of rotatable bonds is 5. The zero-order valence-corrected chi connectivity index (χ0v) is 13.8. The van der Waals surface area contributed by atoms with Gasteiger partial charge in [0.25, 0.3) is 0 Å². The van der Waals surface area contributed by atoms with Gasteiger partial charge in [0.05, 0.1) is 11.0 Å². The minimum atomic E-state index is -0.0138. The molecule has 1 aliphatic rings.